The highest BCUT2D eigenvalue weighted by Crippen LogP contribution is 2.01. The summed E-state index contributed by atoms with van der Waals surface area (Å²) in [6.45, 7) is 4.08. The van der Waals surface area contributed by atoms with Gasteiger partial charge >= 0.3 is 5.69 Å². The molecule has 0 aliphatic carbocycles. The normalized spacial score (nSPS) is 11.2. The minimum Gasteiger partial charge on any atom is -0.299 e. The van der Waals surface area contributed by atoms with E-state index >= 15 is 0 Å². The molecule has 0 unspecified atom stereocenters. The molecule has 0 saturated carbocycles. The molecule has 5 nitrogen and oxygen atoms in total. The van der Waals surface area contributed by atoms with Crippen LogP contribution in [-0.4, -0.2) is 14.7 Å². The van der Waals surface area contributed by atoms with Crippen molar-refractivity contribution in [3.05, 3.63) is 32.6 Å². The van der Waals surface area contributed by atoms with Crippen LogP contribution in [0.1, 0.15) is 19.5 Å². The van der Waals surface area contributed by atoms with Gasteiger partial charge in [0, 0.05) is 32.4 Å². The van der Waals surface area contributed by atoms with Crippen molar-refractivity contribution >= 4 is 0 Å². The molecule has 0 aliphatic rings. The lowest BCUT2D eigenvalue weighted by molar-refractivity contribution is 0.474. The van der Waals surface area contributed by atoms with Crippen molar-refractivity contribution in [3.63, 3.8) is 0 Å². The number of nitrogens with zero attached hydrogens (tertiary/aromatic N) is 2. The quantitative estimate of drug-likeness (QED) is 0.724. The summed E-state index contributed by atoms with van der Waals surface area (Å²) in [6.07, 6.45) is 5.35. The first-order chi connectivity index (χ1) is 7.78. The van der Waals surface area contributed by atoms with Gasteiger partial charge in [0.1, 0.15) is 0 Å². The molecule has 0 atom stereocenters. The summed E-state index contributed by atoms with van der Waals surface area (Å²) < 4.78 is 2.50. The van der Waals surface area contributed by atoms with Crippen LogP contribution in [0.5, 0.6) is 0 Å². The summed E-state index contributed by atoms with van der Waals surface area (Å²) in [5.41, 5.74) is -0.519. The smallest absolute Gasteiger partial charge is 0.299 e. The Bertz CT molecular complexity index is 573. The lowest BCUT2D eigenvalue weighted by atomic mass is 10.1. The highest BCUT2D eigenvalue weighted by Gasteiger charge is 2.14. The fourth-order valence-electron chi connectivity index (χ4n) is 1.31. The van der Waals surface area contributed by atoms with Crippen molar-refractivity contribution in [1.82, 2.24) is 14.5 Å². The molecule has 1 rings (SSSR count). The molecule has 0 bridgehead atoms. The Labute approximate surface area is 100 Å². The van der Waals surface area contributed by atoms with Crippen molar-refractivity contribution < 1.29 is 0 Å². The minimum absolute atomic E-state index is 0.316. The topological polar surface area (TPSA) is 56.0 Å². The predicted octanol–water partition coefficient (Wildman–Crippen LogP) is -0.415. The van der Waals surface area contributed by atoms with Crippen LogP contribution in [0, 0.1) is 12.3 Å². The largest absolute Gasteiger partial charge is 0.330 e. The molecule has 0 saturated heterocycles. The molecule has 0 amide bonds. The summed E-state index contributed by atoms with van der Waals surface area (Å²) in [4.78, 5) is 23.2. The van der Waals surface area contributed by atoms with E-state index in [1.165, 1.54) is 17.7 Å². The van der Waals surface area contributed by atoms with Gasteiger partial charge < -0.3 is 0 Å². The molecule has 5 heteroatoms. The maximum Gasteiger partial charge on any atom is 0.330 e. The van der Waals surface area contributed by atoms with Crippen LogP contribution >= 0.6 is 0 Å². The molecule has 1 aromatic rings. The lowest BCUT2D eigenvalue weighted by Gasteiger charge is -2.20. The van der Waals surface area contributed by atoms with Crippen molar-refractivity contribution in [3.8, 4) is 12.3 Å². The highest BCUT2D eigenvalue weighted by molar-refractivity contribution is 5.10. The van der Waals surface area contributed by atoms with E-state index in [1.54, 1.807) is 7.05 Å². The van der Waals surface area contributed by atoms with Crippen molar-refractivity contribution in [2.45, 2.75) is 25.9 Å². The first-order valence-electron chi connectivity index (χ1n) is 5.27. The van der Waals surface area contributed by atoms with E-state index in [4.69, 9.17) is 6.42 Å². The van der Waals surface area contributed by atoms with Gasteiger partial charge in [-0.2, -0.15) is 0 Å². The van der Waals surface area contributed by atoms with Gasteiger partial charge in [0.15, 0.2) is 0 Å². The van der Waals surface area contributed by atoms with Crippen LogP contribution in [0.15, 0.2) is 15.7 Å². The van der Waals surface area contributed by atoms with Crippen molar-refractivity contribution in [2.24, 2.45) is 14.1 Å². The lowest BCUT2D eigenvalue weighted by Crippen LogP contribution is -2.42. The molecule has 1 N–H and O–H groups in total. The van der Waals surface area contributed by atoms with Crippen LogP contribution in [0.3, 0.4) is 0 Å². The van der Waals surface area contributed by atoms with Crippen LogP contribution in [0.2, 0.25) is 0 Å². The predicted molar refractivity (Wildman–Crippen MR) is 66.7 cm³/mol. The number of nitrogens with one attached hydrogen (secondary N) is 1. The summed E-state index contributed by atoms with van der Waals surface area (Å²) in [5, 5.41) is 3.10. The zero-order valence-corrected chi connectivity index (χ0v) is 10.6. The maximum absolute atomic E-state index is 11.7. The van der Waals surface area contributed by atoms with Gasteiger partial charge in [0.2, 0.25) is 0 Å². The van der Waals surface area contributed by atoms with E-state index in [1.807, 2.05) is 13.8 Å². The molecule has 92 valence electrons. The zero-order chi connectivity index (χ0) is 13.2. The molecule has 1 heterocycles. The molecule has 1 aromatic heterocycles. The average Bonchev–Trinajstić information content (AvgIpc) is 2.29. The first kappa shape index (κ1) is 13.3. The fourth-order valence-corrected chi connectivity index (χ4v) is 1.31. The molecular weight excluding hydrogens is 218 g/mol. The van der Waals surface area contributed by atoms with E-state index in [9.17, 15) is 9.59 Å². The van der Waals surface area contributed by atoms with Gasteiger partial charge in [0.05, 0.1) is 5.54 Å². The third-order valence-corrected chi connectivity index (χ3v) is 2.70. The van der Waals surface area contributed by atoms with Gasteiger partial charge in [0.25, 0.3) is 5.56 Å². The Hall–Kier alpha value is -1.80. The molecule has 0 aromatic carbocycles. The number of rotatable bonds is 3. The number of hydrogen-bond acceptors (Lipinski definition) is 3. The highest BCUT2D eigenvalue weighted by atomic mass is 16.2. The van der Waals surface area contributed by atoms with E-state index in [-0.39, 0.29) is 11.2 Å². The minimum atomic E-state index is -0.475. The fraction of sp³-hybridized carbons (Fsp3) is 0.500. The van der Waals surface area contributed by atoms with Crippen LogP contribution < -0.4 is 16.6 Å². The maximum atomic E-state index is 11.7. The number of aromatic nitrogens is 2. The number of hydrogen-bond donors (Lipinski definition) is 1. The Balaban J connectivity index is 3.07. The van der Waals surface area contributed by atoms with Crippen LogP contribution in [0.25, 0.3) is 0 Å². The van der Waals surface area contributed by atoms with E-state index in [0.717, 1.165) is 4.57 Å². The third-order valence-electron chi connectivity index (χ3n) is 2.70. The zero-order valence-electron chi connectivity index (χ0n) is 10.6. The standard InChI is InChI=1S/C12H17N3O2/c1-6-12(2,3)13-8-9-7-10(16)15(5)11(17)14(9)4/h1,7,13H,8H2,2-5H3. The average molecular weight is 235 g/mol. The summed E-state index contributed by atoms with van der Waals surface area (Å²) in [7, 11) is 3.08. The van der Waals surface area contributed by atoms with Gasteiger partial charge in [-0.25, -0.2) is 4.79 Å². The third kappa shape index (κ3) is 2.86. The summed E-state index contributed by atoms with van der Waals surface area (Å²) >= 11 is 0. The summed E-state index contributed by atoms with van der Waals surface area (Å²) in [6, 6.07) is 1.43. The Morgan fingerprint density at radius 3 is 2.47 bits per heavy atom. The second kappa shape index (κ2) is 4.60. The van der Waals surface area contributed by atoms with Crippen molar-refractivity contribution in [2.75, 3.05) is 0 Å². The molecule has 0 aliphatic heterocycles. The first-order valence-corrected chi connectivity index (χ1v) is 5.27. The van der Waals surface area contributed by atoms with Gasteiger partial charge in [-0.15, -0.1) is 6.42 Å². The monoisotopic (exact) mass is 235 g/mol. The molecule has 0 fully saturated rings. The summed E-state index contributed by atoms with van der Waals surface area (Å²) in [5.74, 6) is 2.59. The van der Waals surface area contributed by atoms with E-state index in [2.05, 4.69) is 11.2 Å². The van der Waals surface area contributed by atoms with Gasteiger partial charge in [-0.3, -0.25) is 19.2 Å². The molecular formula is C12H17N3O2. The SMILES string of the molecule is C#CC(C)(C)NCc1cc(=O)n(C)c(=O)n1C. The van der Waals surface area contributed by atoms with Crippen LogP contribution in [0.4, 0.5) is 0 Å². The van der Waals surface area contributed by atoms with E-state index in [0.29, 0.717) is 12.2 Å². The van der Waals surface area contributed by atoms with E-state index < -0.39 is 5.54 Å². The van der Waals surface area contributed by atoms with Crippen LogP contribution in [-0.2, 0) is 20.6 Å². The Kier molecular flexibility index (Phi) is 3.59. The molecule has 0 spiro atoms. The second-order valence-corrected chi connectivity index (χ2v) is 4.50. The second-order valence-electron chi connectivity index (χ2n) is 4.50. The Morgan fingerprint density at radius 2 is 1.94 bits per heavy atom. The number of terminal acetylenes is 1. The van der Waals surface area contributed by atoms with Crippen molar-refractivity contribution in [1.29, 1.82) is 0 Å². The molecule has 0 radical (unpaired) electrons. The van der Waals surface area contributed by atoms with Gasteiger partial charge in [-0.05, 0) is 13.8 Å². The van der Waals surface area contributed by atoms with Gasteiger partial charge in [-0.1, -0.05) is 5.92 Å². The Morgan fingerprint density at radius 1 is 1.35 bits per heavy atom. The molecule has 17 heavy (non-hydrogen) atoms.